The molecule has 0 saturated carbocycles. The van der Waals surface area contributed by atoms with E-state index in [4.69, 9.17) is 18.9 Å². The van der Waals surface area contributed by atoms with Gasteiger partial charge in [0, 0.05) is 19.2 Å². The molecule has 2 aliphatic rings. The minimum atomic E-state index is -0.861. The van der Waals surface area contributed by atoms with E-state index in [2.05, 4.69) is 0 Å². The lowest BCUT2D eigenvalue weighted by molar-refractivity contribution is -0.140. The number of aliphatic hydroxyl groups is 1. The molecule has 1 N–H and O–H groups in total. The number of carbonyl (C=O) groups excluding carboxylic acids is 3. The SMILES string of the molecule is COCCN1C(=O)C(=O)/C(=C(/O)c2ccc3c(c2)OCCO3)[C@@H]1c1ccc(C(=O)OC)cc1. The van der Waals surface area contributed by atoms with Crippen molar-refractivity contribution < 1.29 is 38.4 Å². The first-order valence-electron chi connectivity index (χ1n) is 10.3. The summed E-state index contributed by atoms with van der Waals surface area (Å²) in [5, 5.41) is 11.1. The Morgan fingerprint density at radius 2 is 1.70 bits per heavy atom. The second kappa shape index (κ2) is 9.33. The summed E-state index contributed by atoms with van der Waals surface area (Å²) in [7, 11) is 2.77. The molecule has 2 aromatic carbocycles. The van der Waals surface area contributed by atoms with Gasteiger partial charge < -0.3 is 29.0 Å². The van der Waals surface area contributed by atoms with E-state index in [1.165, 1.54) is 19.1 Å². The third kappa shape index (κ3) is 4.14. The lowest BCUT2D eigenvalue weighted by atomic mass is 9.94. The Bertz CT molecular complexity index is 1120. The summed E-state index contributed by atoms with van der Waals surface area (Å²) >= 11 is 0. The number of esters is 1. The molecule has 1 saturated heterocycles. The highest BCUT2D eigenvalue weighted by atomic mass is 16.6. The van der Waals surface area contributed by atoms with Crippen molar-refractivity contribution in [3.05, 3.63) is 64.7 Å². The molecule has 0 spiro atoms. The van der Waals surface area contributed by atoms with Crippen LogP contribution in [0, 0.1) is 0 Å². The number of amides is 1. The normalized spacial score (nSPS) is 19.0. The third-order valence-corrected chi connectivity index (χ3v) is 5.54. The summed E-state index contributed by atoms with van der Waals surface area (Å²) in [6.45, 7) is 1.13. The van der Waals surface area contributed by atoms with E-state index in [1.807, 2.05) is 0 Å². The summed E-state index contributed by atoms with van der Waals surface area (Å²) in [5.41, 5.74) is 1.14. The number of aliphatic hydroxyl groups excluding tert-OH is 1. The molecule has 2 heterocycles. The van der Waals surface area contributed by atoms with Crippen LogP contribution in [0.15, 0.2) is 48.0 Å². The number of fused-ring (bicyclic) bond motifs is 1. The Morgan fingerprint density at radius 1 is 1.03 bits per heavy atom. The lowest BCUT2D eigenvalue weighted by Crippen LogP contribution is -2.32. The van der Waals surface area contributed by atoms with Gasteiger partial charge >= 0.3 is 5.97 Å². The number of hydrogen-bond donors (Lipinski definition) is 1. The van der Waals surface area contributed by atoms with Crippen LogP contribution >= 0.6 is 0 Å². The van der Waals surface area contributed by atoms with Gasteiger partial charge in [-0.25, -0.2) is 4.79 Å². The van der Waals surface area contributed by atoms with Gasteiger partial charge in [0.25, 0.3) is 11.7 Å². The van der Waals surface area contributed by atoms with Gasteiger partial charge in [-0.2, -0.15) is 0 Å². The van der Waals surface area contributed by atoms with Gasteiger partial charge in [-0.1, -0.05) is 12.1 Å². The van der Waals surface area contributed by atoms with Crippen molar-refractivity contribution in [1.29, 1.82) is 0 Å². The van der Waals surface area contributed by atoms with Crippen molar-refractivity contribution >= 4 is 23.4 Å². The average molecular weight is 453 g/mol. The molecule has 0 aromatic heterocycles. The van der Waals surface area contributed by atoms with Crippen LogP contribution in [0.25, 0.3) is 5.76 Å². The second-order valence-corrected chi connectivity index (χ2v) is 7.46. The van der Waals surface area contributed by atoms with Crippen LogP contribution in [0.3, 0.4) is 0 Å². The van der Waals surface area contributed by atoms with Gasteiger partial charge in [-0.3, -0.25) is 9.59 Å². The highest BCUT2D eigenvalue weighted by Gasteiger charge is 2.46. The van der Waals surface area contributed by atoms with Crippen molar-refractivity contribution in [3.8, 4) is 11.5 Å². The molecule has 2 aromatic rings. The first-order valence-corrected chi connectivity index (χ1v) is 10.3. The molecule has 0 bridgehead atoms. The Hall–Kier alpha value is -3.85. The molecule has 172 valence electrons. The van der Waals surface area contributed by atoms with Crippen molar-refractivity contribution in [2.75, 3.05) is 40.6 Å². The lowest BCUT2D eigenvalue weighted by Gasteiger charge is -2.25. The first-order chi connectivity index (χ1) is 16.0. The quantitative estimate of drug-likeness (QED) is 0.307. The van der Waals surface area contributed by atoms with Gasteiger partial charge in [-0.05, 0) is 35.9 Å². The molecule has 9 heteroatoms. The standard InChI is InChI=1S/C24H23NO8/c1-30-10-9-25-20(14-3-5-15(6-4-14)24(29)31-2)19(22(27)23(25)28)21(26)16-7-8-17-18(13-16)33-12-11-32-17/h3-8,13,20,26H,9-12H2,1-2H3/b21-19+/t20-/m0/s1. The number of ketones is 1. The Labute approximate surface area is 190 Å². The molecule has 0 aliphatic carbocycles. The summed E-state index contributed by atoms with van der Waals surface area (Å²) in [5.74, 6) is -1.40. The van der Waals surface area contributed by atoms with E-state index in [0.29, 0.717) is 41.4 Å². The molecular formula is C24H23NO8. The van der Waals surface area contributed by atoms with Gasteiger partial charge in [0.1, 0.15) is 19.0 Å². The topological polar surface area (TPSA) is 112 Å². The number of ether oxygens (including phenoxy) is 4. The highest BCUT2D eigenvalue weighted by Crippen LogP contribution is 2.41. The van der Waals surface area contributed by atoms with E-state index in [1.54, 1.807) is 42.5 Å². The molecule has 1 atom stereocenters. The summed E-state index contributed by atoms with van der Waals surface area (Å²) in [6.07, 6.45) is 0. The fourth-order valence-corrected chi connectivity index (χ4v) is 3.91. The molecule has 1 amide bonds. The van der Waals surface area contributed by atoms with Crippen LogP contribution in [0.2, 0.25) is 0 Å². The maximum atomic E-state index is 13.0. The zero-order chi connectivity index (χ0) is 23.5. The summed E-state index contributed by atoms with van der Waals surface area (Å²) in [4.78, 5) is 39.0. The monoisotopic (exact) mass is 453 g/mol. The van der Waals surface area contributed by atoms with E-state index < -0.39 is 23.7 Å². The van der Waals surface area contributed by atoms with E-state index in [0.717, 1.165) is 0 Å². The molecule has 0 unspecified atom stereocenters. The largest absolute Gasteiger partial charge is 0.507 e. The number of hydrogen-bond acceptors (Lipinski definition) is 8. The predicted molar refractivity (Wildman–Crippen MR) is 116 cm³/mol. The zero-order valence-corrected chi connectivity index (χ0v) is 18.2. The number of carbonyl (C=O) groups is 3. The maximum Gasteiger partial charge on any atom is 0.337 e. The van der Waals surface area contributed by atoms with Gasteiger partial charge in [-0.15, -0.1) is 0 Å². The van der Waals surface area contributed by atoms with Gasteiger partial charge in [0.05, 0.1) is 30.9 Å². The van der Waals surface area contributed by atoms with E-state index >= 15 is 0 Å². The van der Waals surface area contributed by atoms with Crippen molar-refractivity contribution in [2.45, 2.75) is 6.04 Å². The average Bonchev–Trinajstić information content (AvgIpc) is 3.11. The minimum Gasteiger partial charge on any atom is -0.507 e. The van der Waals surface area contributed by atoms with Gasteiger partial charge in [0.2, 0.25) is 0 Å². The zero-order valence-electron chi connectivity index (χ0n) is 18.2. The van der Waals surface area contributed by atoms with Crippen LogP contribution < -0.4 is 9.47 Å². The van der Waals surface area contributed by atoms with Crippen LogP contribution in [0.5, 0.6) is 11.5 Å². The molecule has 9 nitrogen and oxygen atoms in total. The minimum absolute atomic E-state index is 0.0569. The van der Waals surface area contributed by atoms with E-state index in [-0.39, 0.29) is 24.5 Å². The number of methoxy groups -OCH3 is 2. The van der Waals surface area contributed by atoms with Crippen LogP contribution in [-0.2, 0) is 19.1 Å². The molecule has 4 rings (SSSR count). The number of likely N-dealkylation sites (tertiary alicyclic amines) is 1. The Balaban J connectivity index is 1.80. The number of Topliss-reactive ketones (excluding diaryl/α,β-unsaturated/α-hetero) is 1. The van der Waals surface area contributed by atoms with Crippen LogP contribution in [-0.4, -0.2) is 68.3 Å². The summed E-state index contributed by atoms with van der Waals surface area (Å²) < 4.78 is 20.9. The van der Waals surface area contributed by atoms with Crippen molar-refractivity contribution in [2.24, 2.45) is 0 Å². The number of nitrogens with zero attached hydrogens (tertiary/aromatic N) is 1. The van der Waals surface area contributed by atoms with E-state index in [9.17, 15) is 19.5 Å². The Morgan fingerprint density at radius 3 is 2.36 bits per heavy atom. The van der Waals surface area contributed by atoms with Crippen LogP contribution in [0.4, 0.5) is 0 Å². The molecule has 1 fully saturated rings. The maximum absolute atomic E-state index is 13.0. The number of benzene rings is 2. The second-order valence-electron chi connectivity index (χ2n) is 7.46. The smallest absolute Gasteiger partial charge is 0.337 e. The fourth-order valence-electron chi connectivity index (χ4n) is 3.91. The molecule has 0 radical (unpaired) electrons. The number of rotatable bonds is 6. The Kier molecular flexibility index (Phi) is 6.32. The van der Waals surface area contributed by atoms with Crippen molar-refractivity contribution in [1.82, 2.24) is 4.90 Å². The predicted octanol–water partition coefficient (Wildman–Crippen LogP) is 2.31. The van der Waals surface area contributed by atoms with Gasteiger partial charge in [0.15, 0.2) is 11.5 Å². The highest BCUT2D eigenvalue weighted by molar-refractivity contribution is 6.46. The van der Waals surface area contributed by atoms with Crippen LogP contribution in [0.1, 0.15) is 27.5 Å². The molecule has 2 aliphatic heterocycles. The molecule has 33 heavy (non-hydrogen) atoms. The third-order valence-electron chi connectivity index (χ3n) is 5.54. The summed E-state index contributed by atoms with van der Waals surface area (Å²) in [6, 6.07) is 10.3. The first kappa shape index (κ1) is 22.3. The van der Waals surface area contributed by atoms with Crippen molar-refractivity contribution in [3.63, 3.8) is 0 Å². The fraction of sp³-hybridized carbons (Fsp3) is 0.292. The molecular weight excluding hydrogens is 430 g/mol.